The maximum absolute atomic E-state index is 12.2. The van der Waals surface area contributed by atoms with Crippen LogP contribution in [0.4, 0.5) is 0 Å². The number of ether oxygens (including phenoxy) is 1. The second-order valence-electron chi connectivity index (χ2n) is 5.25. The summed E-state index contributed by atoms with van der Waals surface area (Å²) in [5.41, 5.74) is 2.01. The number of para-hydroxylation sites is 1. The van der Waals surface area contributed by atoms with Gasteiger partial charge in [-0.2, -0.15) is 5.10 Å². The SMILES string of the molecule is O=C(CCl)N(Cc1ccccc1-n1cccn1)[C@H]1CCOC1. The number of halogens is 1. The minimum absolute atomic E-state index is 0.0135. The van der Waals surface area contributed by atoms with Crippen LogP contribution < -0.4 is 0 Å². The lowest BCUT2D eigenvalue weighted by molar-refractivity contribution is -0.131. The van der Waals surface area contributed by atoms with Gasteiger partial charge in [0.1, 0.15) is 5.88 Å². The Morgan fingerprint density at radius 3 is 2.95 bits per heavy atom. The molecule has 2 heterocycles. The zero-order valence-corrected chi connectivity index (χ0v) is 12.9. The predicted molar refractivity (Wildman–Crippen MR) is 84.1 cm³/mol. The molecule has 0 aliphatic carbocycles. The first-order valence-electron chi connectivity index (χ1n) is 7.30. The van der Waals surface area contributed by atoms with Crippen LogP contribution in [0.15, 0.2) is 42.7 Å². The molecule has 2 aromatic rings. The zero-order valence-electron chi connectivity index (χ0n) is 12.2. The minimum atomic E-state index is -0.0626. The normalized spacial score (nSPS) is 17.6. The molecule has 22 heavy (non-hydrogen) atoms. The van der Waals surface area contributed by atoms with E-state index in [0.717, 1.165) is 17.7 Å². The first-order chi connectivity index (χ1) is 10.8. The Balaban J connectivity index is 1.88. The Morgan fingerprint density at radius 1 is 1.41 bits per heavy atom. The molecule has 0 saturated carbocycles. The molecule has 1 fully saturated rings. The maximum atomic E-state index is 12.2. The molecule has 6 heteroatoms. The molecular weight excluding hydrogens is 302 g/mol. The molecule has 5 nitrogen and oxygen atoms in total. The van der Waals surface area contributed by atoms with Crippen molar-refractivity contribution in [2.45, 2.75) is 19.0 Å². The molecule has 0 radical (unpaired) electrons. The molecule has 116 valence electrons. The van der Waals surface area contributed by atoms with Gasteiger partial charge in [-0.1, -0.05) is 18.2 Å². The summed E-state index contributed by atoms with van der Waals surface area (Å²) in [4.78, 5) is 14.0. The highest BCUT2D eigenvalue weighted by Crippen LogP contribution is 2.20. The van der Waals surface area contributed by atoms with Gasteiger partial charge in [-0.3, -0.25) is 4.79 Å². The zero-order chi connectivity index (χ0) is 15.4. The highest BCUT2D eigenvalue weighted by Gasteiger charge is 2.27. The molecule has 1 aromatic heterocycles. The van der Waals surface area contributed by atoms with Gasteiger partial charge >= 0.3 is 0 Å². The fourth-order valence-electron chi connectivity index (χ4n) is 2.73. The van der Waals surface area contributed by atoms with Crippen LogP contribution in [-0.2, 0) is 16.1 Å². The largest absolute Gasteiger partial charge is 0.379 e. The summed E-state index contributed by atoms with van der Waals surface area (Å²) >= 11 is 5.78. The monoisotopic (exact) mass is 319 g/mol. The standard InChI is InChI=1S/C16H18ClN3O2/c17-10-16(21)19(14-6-9-22-12-14)11-13-4-1-2-5-15(13)20-8-3-7-18-20/h1-5,7-8,14H,6,9-12H2/t14-/m0/s1. The average Bonchev–Trinajstić information content (AvgIpc) is 3.25. The van der Waals surface area contributed by atoms with Crippen LogP contribution >= 0.6 is 11.6 Å². The van der Waals surface area contributed by atoms with Gasteiger partial charge in [0.2, 0.25) is 5.91 Å². The van der Waals surface area contributed by atoms with Crippen LogP contribution in [0.3, 0.4) is 0 Å². The maximum Gasteiger partial charge on any atom is 0.238 e. The Kier molecular flexibility index (Phi) is 4.75. The van der Waals surface area contributed by atoms with E-state index in [-0.39, 0.29) is 17.8 Å². The van der Waals surface area contributed by atoms with Crippen LogP contribution in [0.25, 0.3) is 5.69 Å². The summed E-state index contributed by atoms with van der Waals surface area (Å²) in [7, 11) is 0. The van der Waals surface area contributed by atoms with Gasteiger partial charge in [0.15, 0.2) is 0 Å². The van der Waals surface area contributed by atoms with Crippen LogP contribution in [0.2, 0.25) is 0 Å². The number of rotatable bonds is 5. The fourth-order valence-corrected chi connectivity index (χ4v) is 2.88. The molecule has 1 aliphatic rings. The van der Waals surface area contributed by atoms with E-state index in [1.165, 1.54) is 0 Å². The summed E-state index contributed by atoms with van der Waals surface area (Å²) in [6.07, 6.45) is 4.49. The number of amides is 1. The third-order valence-electron chi connectivity index (χ3n) is 3.86. The van der Waals surface area contributed by atoms with Crippen molar-refractivity contribution in [3.8, 4) is 5.69 Å². The van der Waals surface area contributed by atoms with Gasteiger partial charge in [0, 0.05) is 25.5 Å². The van der Waals surface area contributed by atoms with Crippen LogP contribution in [-0.4, -0.2) is 45.7 Å². The van der Waals surface area contributed by atoms with E-state index in [2.05, 4.69) is 5.10 Å². The smallest absolute Gasteiger partial charge is 0.238 e. The Hall–Kier alpha value is -1.85. The first-order valence-corrected chi connectivity index (χ1v) is 7.84. The lowest BCUT2D eigenvalue weighted by atomic mass is 10.1. The summed E-state index contributed by atoms with van der Waals surface area (Å²) in [5.74, 6) is -0.0760. The van der Waals surface area contributed by atoms with Gasteiger partial charge in [0.05, 0.1) is 18.3 Å². The number of hydrogen-bond acceptors (Lipinski definition) is 3. The van der Waals surface area contributed by atoms with E-state index in [9.17, 15) is 4.79 Å². The van der Waals surface area contributed by atoms with Crippen molar-refractivity contribution >= 4 is 17.5 Å². The van der Waals surface area contributed by atoms with Gasteiger partial charge in [0.25, 0.3) is 0 Å². The molecule has 1 amide bonds. The lowest BCUT2D eigenvalue weighted by Gasteiger charge is -2.28. The Bertz CT molecular complexity index is 624. The van der Waals surface area contributed by atoms with Crippen molar-refractivity contribution in [2.75, 3.05) is 19.1 Å². The number of alkyl halides is 1. The molecule has 0 unspecified atom stereocenters. The molecule has 0 N–H and O–H groups in total. The second kappa shape index (κ2) is 6.94. The molecule has 1 aromatic carbocycles. The van der Waals surface area contributed by atoms with E-state index >= 15 is 0 Å². The number of carbonyl (C=O) groups is 1. The van der Waals surface area contributed by atoms with Crippen molar-refractivity contribution in [3.05, 3.63) is 48.3 Å². The average molecular weight is 320 g/mol. The molecule has 0 spiro atoms. The molecule has 0 bridgehead atoms. The van der Waals surface area contributed by atoms with E-state index in [4.69, 9.17) is 16.3 Å². The van der Waals surface area contributed by atoms with Crippen molar-refractivity contribution < 1.29 is 9.53 Å². The minimum Gasteiger partial charge on any atom is -0.379 e. The quantitative estimate of drug-likeness (QED) is 0.794. The van der Waals surface area contributed by atoms with Crippen molar-refractivity contribution in [3.63, 3.8) is 0 Å². The number of benzene rings is 1. The second-order valence-corrected chi connectivity index (χ2v) is 5.52. The number of carbonyl (C=O) groups excluding carboxylic acids is 1. The van der Waals surface area contributed by atoms with Crippen LogP contribution in [0, 0.1) is 0 Å². The molecular formula is C16H18ClN3O2. The predicted octanol–water partition coefficient (Wildman–Crippen LogP) is 2.23. The topological polar surface area (TPSA) is 47.4 Å². The lowest BCUT2D eigenvalue weighted by Crippen LogP contribution is -2.41. The highest BCUT2D eigenvalue weighted by molar-refractivity contribution is 6.27. The van der Waals surface area contributed by atoms with Gasteiger partial charge in [-0.25, -0.2) is 4.68 Å². The summed E-state index contributed by atoms with van der Waals surface area (Å²) in [6.45, 7) is 1.78. The van der Waals surface area contributed by atoms with E-state index in [1.807, 2.05) is 46.1 Å². The van der Waals surface area contributed by atoms with Crippen molar-refractivity contribution in [1.29, 1.82) is 0 Å². The number of nitrogens with zero attached hydrogens (tertiary/aromatic N) is 3. The van der Waals surface area contributed by atoms with E-state index in [0.29, 0.717) is 19.8 Å². The van der Waals surface area contributed by atoms with Gasteiger partial charge < -0.3 is 9.64 Å². The van der Waals surface area contributed by atoms with Crippen molar-refractivity contribution in [2.24, 2.45) is 0 Å². The highest BCUT2D eigenvalue weighted by atomic mass is 35.5. The van der Waals surface area contributed by atoms with Gasteiger partial charge in [-0.05, 0) is 24.1 Å². The molecule has 3 rings (SSSR count). The first kappa shape index (κ1) is 15.1. The van der Waals surface area contributed by atoms with E-state index in [1.54, 1.807) is 6.20 Å². The molecule has 1 saturated heterocycles. The van der Waals surface area contributed by atoms with Crippen LogP contribution in [0.1, 0.15) is 12.0 Å². The summed E-state index contributed by atoms with van der Waals surface area (Å²) in [5, 5.41) is 4.28. The van der Waals surface area contributed by atoms with E-state index < -0.39 is 0 Å². The molecule has 1 atom stereocenters. The Labute approximate surface area is 134 Å². The number of aromatic nitrogens is 2. The molecule has 1 aliphatic heterocycles. The Morgan fingerprint density at radius 2 is 2.27 bits per heavy atom. The fraction of sp³-hybridized carbons (Fsp3) is 0.375. The summed E-state index contributed by atoms with van der Waals surface area (Å²) < 4.78 is 7.23. The number of hydrogen-bond donors (Lipinski definition) is 0. The van der Waals surface area contributed by atoms with Crippen molar-refractivity contribution in [1.82, 2.24) is 14.7 Å². The third-order valence-corrected chi connectivity index (χ3v) is 4.09. The third kappa shape index (κ3) is 3.15. The van der Waals surface area contributed by atoms with Crippen LogP contribution in [0.5, 0.6) is 0 Å². The summed E-state index contributed by atoms with van der Waals surface area (Å²) in [6, 6.07) is 9.92. The van der Waals surface area contributed by atoms with Gasteiger partial charge in [-0.15, -0.1) is 11.6 Å².